The molecule has 142 valence electrons. The zero-order valence-electron chi connectivity index (χ0n) is 15.5. The maximum absolute atomic E-state index is 13.0. The van der Waals surface area contributed by atoms with Crippen LogP contribution in [0.2, 0.25) is 0 Å². The van der Waals surface area contributed by atoms with Crippen LogP contribution in [0.3, 0.4) is 0 Å². The number of hydrogen-bond acceptors (Lipinski definition) is 5. The Morgan fingerprint density at radius 1 is 1.25 bits per heavy atom. The summed E-state index contributed by atoms with van der Waals surface area (Å²) in [5.74, 6) is 0.422. The predicted octanol–water partition coefficient (Wildman–Crippen LogP) is 3.03. The van der Waals surface area contributed by atoms with Crippen molar-refractivity contribution in [1.82, 2.24) is 14.8 Å². The monoisotopic (exact) mass is 393 g/mol. The Morgan fingerprint density at radius 3 is 2.50 bits per heavy atom. The molecule has 2 aromatic heterocycles. The van der Waals surface area contributed by atoms with Crippen LogP contribution in [0.5, 0.6) is 0 Å². The first-order valence-corrected chi connectivity index (χ1v) is 10.5. The van der Waals surface area contributed by atoms with Gasteiger partial charge in [0.1, 0.15) is 0 Å². The molecule has 1 saturated carbocycles. The molecule has 0 aliphatic heterocycles. The van der Waals surface area contributed by atoms with Crippen LogP contribution >= 0.6 is 0 Å². The second kappa shape index (κ2) is 6.77. The van der Waals surface area contributed by atoms with Crippen molar-refractivity contribution in [3.05, 3.63) is 64.2 Å². The highest BCUT2D eigenvalue weighted by Gasteiger charge is 2.34. The number of H-pyrrole nitrogens is 1. The van der Waals surface area contributed by atoms with Gasteiger partial charge in [0.05, 0.1) is 31.8 Å². The minimum atomic E-state index is -2.43. The predicted molar refractivity (Wildman–Crippen MR) is 107 cm³/mol. The summed E-state index contributed by atoms with van der Waals surface area (Å²) in [4.78, 5) is 17.9. The van der Waals surface area contributed by atoms with Gasteiger partial charge in [0, 0.05) is 24.2 Å². The van der Waals surface area contributed by atoms with E-state index in [1.807, 2.05) is 6.92 Å². The molecular weight excluding hydrogens is 374 g/mol. The number of nitrogens with one attached hydrogen (secondary N) is 1. The van der Waals surface area contributed by atoms with Gasteiger partial charge in [-0.25, -0.2) is 18.2 Å². The van der Waals surface area contributed by atoms with E-state index >= 15 is 0 Å². The Hall–Kier alpha value is -3.18. The standard InChI is InChI=1S/C20H19N5O2S/c1-13-19(15-5-3-14(11-21)4-6-15)20(26)25(24-13)18-10-9-17(12-23-18)28(27,22-2)16-7-8-16/h3-6,9-10,12,16,24H,7-8H2,1-2H3. The lowest BCUT2D eigenvalue weighted by Crippen LogP contribution is -2.17. The van der Waals surface area contributed by atoms with Crippen LogP contribution in [0.1, 0.15) is 24.1 Å². The van der Waals surface area contributed by atoms with E-state index in [1.165, 1.54) is 4.68 Å². The van der Waals surface area contributed by atoms with E-state index in [2.05, 4.69) is 20.5 Å². The van der Waals surface area contributed by atoms with E-state index in [0.717, 1.165) is 18.4 Å². The molecule has 4 rings (SSSR count). The summed E-state index contributed by atoms with van der Waals surface area (Å²) < 4.78 is 18.5. The van der Waals surface area contributed by atoms with Gasteiger partial charge in [-0.3, -0.25) is 9.89 Å². The van der Waals surface area contributed by atoms with Gasteiger partial charge >= 0.3 is 0 Å². The Balaban J connectivity index is 1.74. The number of pyridine rings is 1. The zero-order valence-corrected chi connectivity index (χ0v) is 16.4. The van der Waals surface area contributed by atoms with Gasteiger partial charge in [-0.2, -0.15) is 5.26 Å². The number of rotatable bonds is 4. The first kappa shape index (κ1) is 18.2. The van der Waals surface area contributed by atoms with Crippen LogP contribution in [-0.2, 0) is 9.73 Å². The minimum absolute atomic E-state index is 0.101. The van der Waals surface area contributed by atoms with Crippen molar-refractivity contribution >= 4 is 9.73 Å². The second-order valence-electron chi connectivity index (χ2n) is 6.74. The summed E-state index contributed by atoms with van der Waals surface area (Å²) in [7, 11) is -0.854. The fraction of sp³-hybridized carbons (Fsp3) is 0.250. The molecule has 1 aliphatic carbocycles. The first-order valence-electron chi connectivity index (χ1n) is 8.90. The average Bonchev–Trinajstić information content (AvgIpc) is 3.54. The van der Waals surface area contributed by atoms with Crippen LogP contribution in [-0.4, -0.2) is 31.3 Å². The van der Waals surface area contributed by atoms with E-state index in [9.17, 15) is 9.00 Å². The molecule has 1 atom stereocenters. The molecule has 0 saturated heterocycles. The topological polar surface area (TPSA) is 104 Å². The lowest BCUT2D eigenvalue weighted by Gasteiger charge is -2.08. The Morgan fingerprint density at radius 2 is 1.96 bits per heavy atom. The summed E-state index contributed by atoms with van der Waals surface area (Å²) in [5.41, 5.74) is 2.27. The number of nitrogens with zero attached hydrogens (tertiary/aromatic N) is 4. The number of benzene rings is 1. The zero-order chi connectivity index (χ0) is 19.9. The molecule has 1 aliphatic rings. The third kappa shape index (κ3) is 2.94. The number of aromatic amines is 1. The summed E-state index contributed by atoms with van der Waals surface area (Å²) in [6, 6.07) is 12.4. The fourth-order valence-corrected chi connectivity index (χ4v) is 5.41. The van der Waals surface area contributed by atoms with Crippen LogP contribution < -0.4 is 5.56 Å². The highest BCUT2D eigenvalue weighted by atomic mass is 32.2. The van der Waals surface area contributed by atoms with Gasteiger partial charge in [-0.1, -0.05) is 12.1 Å². The number of aryl methyl sites for hydroxylation is 1. The molecule has 0 radical (unpaired) electrons. The molecule has 1 N–H and O–H groups in total. The van der Waals surface area contributed by atoms with Crippen molar-refractivity contribution in [3.8, 4) is 23.0 Å². The highest BCUT2D eigenvalue weighted by Crippen LogP contribution is 2.35. The molecule has 2 heterocycles. The molecule has 0 spiro atoms. The van der Waals surface area contributed by atoms with E-state index in [0.29, 0.717) is 27.5 Å². The van der Waals surface area contributed by atoms with E-state index in [1.54, 1.807) is 49.6 Å². The van der Waals surface area contributed by atoms with Gasteiger partial charge < -0.3 is 0 Å². The largest absolute Gasteiger partial charge is 0.293 e. The maximum atomic E-state index is 13.0. The maximum Gasteiger partial charge on any atom is 0.280 e. The molecule has 8 heteroatoms. The Kier molecular flexibility index (Phi) is 4.40. The lowest BCUT2D eigenvalue weighted by molar-refractivity contribution is 0.674. The quantitative estimate of drug-likeness (QED) is 0.735. The summed E-state index contributed by atoms with van der Waals surface area (Å²) in [5, 5.41) is 12.1. The average molecular weight is 393 g/mol. The molecular formula is C20H19N5O2S. The highest BCUT2D eigenvalue weighted by molar-refractivity contribution is 7.94. The molecule has 28 heavy (non-hydrogen) atoms. The SMILES string of the molecule is CN=S(=O)(c1ccc(-n2[nH]c(C)c(-c3ccc(C#N)cc3)c2=O)nc1)C1CC1. The number of aromatic nitrogens is 3. The normalized spacial score (nSPS) is 15.6. The molecule has 3 aromatic rings. The van der Waals surface area contributed by atoms with Crippen molar-refractivity contribution in [3.63, 3.8) is 0 Å². The summed E-state index contributed by atoms with van der Waals surface area (Å²) in [6.45, 7) is 1.82. The third-order valence-electron chi connectivity index (χ3n) is 4.91. The molecule has 1 aromatic carbocycles. The van der Waals surface area contributed by atoms with Crippen LogP contribution in [0, 0.1) is 18.3 Å². The van der Waals surface area contributed by atoms with E-state index in [4.69, 9.17) is 5.26 Å². The number of hydrogen-bond donors (Lipinski definition) is 1. The van der Waals surface area contributed by atoms with Gasteiger partial charge in [0.2, 0.25) is 0 Å². The summed E-state index contributed by atoms with van der Waals surface area (Å²) >= 11 is 0. The molecule has 0 amide bonds. The molecule has 0 bridgehead atoms. The molecule has 1 unspecified atom stereocenters. The van der Waals surface area contributed by atoms with Crippen molar-refractivity contribution in [2.75, 3.05) is 7.05 Å². The van der Waals surface area contributed by atoms with E-state index < -0.39 is 9.73 Å². The number of nitriles is 1. The Labute approximate surface area is 162 Å². The summed E-state index contributed by atoms with van der Waals surface area (Å²) in [6.07, 6.45) is 3.38. The molecule has 1 fully saturated rings. The van der Waals surface area contributed by atoms with Gasteiger partial charge in [-0.05, 0) is 49.6 Å². The lowest BCUT2D eigenvalue weighted by atomic mass is 10.1. The van der Waals surface area contributed by atoms with Gasteiger partial charge in [-0.15, -0.1) is 0 Å². The van der Waals surface area contributed by atoms with E-state index in [-0.39, 0.29) is 10.8 Å². The van der Waals surface area contributed by atoms with Crippen molar-refractivity contribution in [1.29, 1.82) is 5.26 Å². The molecule has 7 nitrogen and oxygen atoms in total. The van der Waals surface area contributed by atoms with Crippen molar-refractivity contribution in [2.45, 2.75) is 29.9 Å². The van der Waals surface area contributed by atoms with Gasteiger partial charge in [0.25, 0.3) is 5.56 Å². The second-order valence-corrected chi connectivity index (χ2v) is 9.38. The first-order chi connectivity index (χ1) is 13.5. The van der Waals surface area contributed by atoms with Crippen LogP contribution in [0.25, 0.3) is 16.9 Å². The van der Waals surface area contributed by atoms with Crippen molar-refractivity contribution < 1.29 is 4.21 Å². The van der Waals surface area contributed by atoms with Gasteiger partial charge in [0.15, 0.2) is 5.82 Å². The van der Waals surface area contributed by atoms with Crippen molar-refractivity contribution in [2.24, 2.45) is 4.36 Å². The fourth-order valence-electron chi connectivity index (χ4n) is 3.27. The van der Waals surface area contributed by atoms with Crippen LogP contribution in [0.4, 0.5) is 0 Å². The third-order valence-corrected chi connectivity index (χ3v) is 7.74. The smallest absolute Gasteiger partial charge is 0.280 e. The minimum Gasteiger partial charge on any atom is -0.293 e. The Bertz CT molecular complexity index is 1250. The van der Waals surface area contributed by atoms with Crippen LogP contribution in [0.15, 0.2) is 56.6 Å².